The predicted octanol–water partition coefficient (Wildman–Crippen LogP) is 4.68. The normalized spacial score (nSPS) is 16.4. The number of amides is 1. The molecule has 0 saturated carbocycles. The number of benzene rings is 2. The Labute approximate surface area is 165 Å². The molecule has 1 atom stereocenters. The highest BCUT2D eigenvalue weighted by Gasteiger charge is 2.19. The van der Waals surface area contributed by atoms with E-state index in [-0.39, 0.29) is 12.0 Å². The van der Waals surface area contributed by atoms with Gasteiger partial charge >= 0.3 is 0 Å². The molecule has 1 saturated heterocycles. The van der Waals surface area contributed by atoms with Crippen molar-refractivity contribution in [1.29, 1.82) is 0 Å². The van der Waals surface area contributed by atoms with Crippen LogP contribution in [0.3, 0.4) is 0 Å². The second-order valence-electron chi connectivity index (χ2n) is 7.47. The second-order valence-corrected chi connectivity index (χ2v) is 7.47. The molecule has 144 valence electrons. The zero-order valence-electron chi connectivity index (χ0n) is 16.5. The lowest BCUT2D eigenvalue weighted by atomic mass is 10.0. The summed E-state index contributed by atoms with van der Waals surface area (Å²) in [7, 11) is 0. The fourth-order valence-electron chi connectivity index (χ4n) is 3.69. The summed E-state index contributed by atoms with van der Waals surface area (Å²) in [6.45, 7) is 5.51. The third kappa shape index (κ3) is 3.92. The number of aryl methyl sites for hydroxylation is 2. The predicted molar refractivity (Wildman–Crippen MR) is 113 cm³/mol. The third-order valence-electron chi connectivity index (χ3n) is 5.38. The van der Waals surface area contributed by atoms with Crippen molar-refractivity contribution >= 4 is 16.8 Å². The lowest BCUT2D eigenvalue weighted by Crippen LogP contribution is -2.32. The Bertz CT molecular complexity index is 989. The number of hydrogen-bond donors (Lipinski definition) is 1. The molecule has 0 aliphatic carbocycles. The molecule has 4 nitrogen and oxygen atoms in total. The summed E-state index contributed by atoms with van der Waals surface area (Å²) in [4.78, 5) is 17.8. The molecular formula is C24H26N2O2. The maximum Gasteiger partial charge on any atom is 0.252 e. The van der Waals surface area contributed by atoms with Gasteiger partial charge in [-0.3, -0.25) is 4.79 Å². The zero-order chi connectivity index (χ0) is 19.5. The number of hydrogen-bond acceptors (Lipinski definition) is 3. The Morgan fingerprint density at radius 1 is 1.18 bits per heavy atom. The van der Waals surface area contributed by atoms with Gasteiger partial charge in [0.1, 0.15) is 0 Å². The number of nitrogens with zero attached hydrogens (tertiary/aromatic N) is 1. The number of fused-ring (bicyclic) bond motifs is 1. The van der Waals surface area contributed by atoms with Gasteiger partial charge < -0.3 is 10.1 Å². The molecule has 1 aliphatic heterocycles. The van der Waals surface area contributed by atoms with E-state index in [9.17, 15) is 4.79 Å². The quantitative estimate of drug-likeness (QED) is 0.705. The van der Waals surface area contributed by atoms with Crippen LogP contribution in [0.4, 0.5) is 0 Å². The Morgan fingerprint density at radius 3 is 2.71 bits per heavy atom. The first-order valence-electron chi connectivity index (χ1n) is 10.0. The highest BCUT2D eigenvalue weighted by atomic mass is 16.5. The molecular weight excluding hydrogens is 348 g/mol. The van der Waals surface area contributed by atoms with Gasteiger partial charge in [-0.05, 0) is 49.9 Å². The molecule has 4 rings (SSSR count). The molecule has 4 heteroatoms. The number of carbonyl (C=O) groups is 1. The third-order valence-corrected chi connectivity index (χ3v) is 5.38. The van der Waals surface area contributed by atoms with Gasteiger partial charge in [0.2, 0.25) is 0 Å². The monoisotopic (exact) mass is 374 g/mol. The van der Waals surface area contributed by atoms with Crippen LogP contribution in [0.5, 0.6) is 0 Å². The largest absolute Gasteiger partial charge is 0.376 e. The molecule has 1 aliphatic rings. The van der Waals surface area contributed by atoms with E-state index in [2.05, 4.69) is 36.5 Å². The smallest absolute Gasteiger partial charge is 0.252 e. The van der Waals surface area contributed by atoms with Gasteiger partial charge in [0, 0.05) is 24.1 Å². The number of carbonyl (C=O) groups excluding carboxylic acids is 1. The minimum absolute atomic E-state index is 0.0695. The lowest BCUT2D eigenvalue weighted by Gasteiger charge is -2.14. The summed E-state index contributed by atoms with van der Waals surface area (Å²) in [5.74, 6) is -0.0695. The summed E-state index contributed by atoms with van der Waals surface area (Å²) >= 11 is 0. The summed E-state index contributed by atoms with van der Waals surface area (Å²) < 4.78 is 5.63. The van der Waals surface area contributed by atoms with Crippen LogP contribution in [-0.2, 0) is 11.2 Å². The summed E-state index contributed by atoms with van der Waals surface area (Å²) in [5.41, 5.74) is 5.75. The SMILES string of the molecule is CCc1ccc(-c2cc(C(=O)NC[C@@H]3CCCO3)c3cc(C)ccc3n2)cc1. The van der Waals surface area contributed by atoms with E-state index in [1.807, 2.05) is 31.2 Å². The highest BCUT2D eigenvalue weighted by Crippen LogP contribution is 2.26. The van der Waals surface area contributed by atoms with Gasteiger partial charge in [-0.15, -0.1) is 0 Å². The molecule has 0 bridgehead atoms. The first-order valence-corrected chi connectivity index (χ1v) is 10.0. The van der Waals surface area contributed by atoms with Gasteiger partial charge in [-0.1, -0.05) is 42.8 Å². The molecule has 3 aromatic rings. The van der Waals surface area contributed by atoms with E-state index in [0.717, 1.165) is 53.6 Å². The van der Waals surface area contributed by atoms with Crippen molar-refractivity contribution in [3.63, 3.8) is 0 Å². The Kier molecular flexibility index (Phi) is 5.40. The first-order chi connectivity index (χ1) is 13.6. The minimum Gasteiger partial charge on any atom is -0.376 e. The zero-order valence-corrected chi connectivity index (χ0v) is 16.5. The van der Waals surface area contributed by atoms with Crippen molar-refractivity contribution in [2.75, 3.05) is 13.2 Å². The van der Waals surface area contributed by atoms with Gasteiger partial charge in [0.25, 0.3) is 5.91 Å². The van der Waals surface area contributed by atoms with Crippen LogP contribution in [-0.4, -0.2) is 30.1 Å². The molecule has 28 heavy (non-hydrogen) atoms. The van der Waals surface area contributed by atoms with E-state index < -0.39 is 0 Å². The van der Waals surface area contributed by atoms with E-state index in [0.29, 0.717) is 12.1 Å². The van der Waals surface area contributed by atoms with Crippen LogP contribution >= 0.6 is 0 Å². The first kappa shape index (κ1) is 18.6. The van der Waals surface area contributed by atoms with Crippen LogP contribution < -0.4 is 5.32 Å². The maximum absolute atomic E-state index is 13.0. The highest BCUT2D eigenvalue weighted by molar-refractivity contribution is 6.07. The molecule has 1 fully saturated rings. The van der Waals surface area contributed by atoms with Crippen molar-refractivity contribution < 1.29 is 9.53 Å². The van der Waals surface area contributed by atoms with Gasteiger partial charge in [-0.2, -0.15) is 0 Å². The van der Waals surface area contributed by atoms with E-state index in [1.165, 1.54) is 5.56 Å². The maximum atomic E-state index is 13.0. The Hall–Kier alpha value is -2.72. The van der Waals surface area contributed by atoms with Gasteiger partial charge in [0.05, 0.1) is 22.9 Å². The molecule has 1 aromatic heterocycles. The molecule has 0 spiro atoms. The lowest BCUT2D eigenvalue weighted by molar-refractivity contribution is 0.0859. The fourth-order valence-corrected chi connectivity index (χ4v) is 3.69. The number of aromatic nitrogens is 1. The van der Waals surface area contributed by atoms with Crippen molar-refractivity contribution in [3.8, 4) is 11.3 Å². The summed E-state index contributed by atoms with van der Waals surface area (Å²) in [5, 5.41) is 3.95. The molecule has 0 radical (unpaired) electrons. The van der Waals surface area contributed by atoms with Crippen molar-refractivity contribution in [2.45, 2.75) is 39.2 Å². The van der Waals surface area contributed by atoms with Crippen molar-refractivity contribution in [3.05, 3.63) is 65.2 Å². The standard InChI is InChI=1S/C24H26N2O2/c1-3-17-7-9-18(10-8-17)23-14-21(20-13-16(2)6-11-22(20)26-23)24(27)25-15-19-5-4-12-28-19/h6-11,13-14,19H,3-5,12,15H2,1-2H3,(H,25,27)/t19-/m0/s1. The molecule has 0 unspecified atom stereocenters. The molecule has 1 N–H and O–H groups in total. The summed E-state index contributed by atoms with van der Waals surface area (Å²) in [6.07, 6.45) is 3.20. The number of ether oxygens (including phenoxy) is 1. The van der Waals surface area contributed by atoms with E-state index in [4.69, 9.17) is 9.72 Å². The fraction of sp³-hybridized carbons (Fsp3) is 0.333. The van der Waals surface area contributed by atoms with Gasteiger partial charge in [0.15, 0.2) is 0 Å². The van der Waals surface area contributed by atoms with Gasteiger partial charge in [-0.25, -0.2) is 4.98 Å². The van der Waals surface area contributed by atoms with E-state index >= 15 is 0 Å². The van der Waals surface area contributed by atoms with Crippen LogP contribution in [0.2, 0.25) is 0 Å². The molecule has 2 aromatic carbocycles. The van der Waals surface area contributed by atoms with Crippen LogP contribution in [0.1, 0.15) is 41.3 Å². The number of pyridine rings is 1. The van der Waals surface area contributed by atoms with Crippen LogP contribution in [0, 0.1) is 6.92 Å². The average molecular weight is 374 g/mol. The van der Waals surface area contributed by atoms with Crippen LogP contribution in [0.15, 0.2) is 48.5 Å². The molecule has 2 heterocycles. The number of nitrogens with one attached hydrogen (secondary N) is 1. The van der Waals surface area contributed by atoms with Crippen molar-refractivity contribution in [1.82, 2.24) is 10.3 Å². The second kappa shape index (κ2) is 8.11. The Morgan fingerprint density at radius 2 is 2.00 bits per heavy atom. The van der Waals surface area contributed by atoms with Crippen molar-refractivity contribution in [2.24, 2.45) is 0 Å². The summed E-state index contributed by atoms with van der Waals surface area (Å²) in [6, 6.07) is 16.4. The average Bonchev–Trinajstić information content (AvgIpc) is 3.25. The van der Waals surface area contributed by atoms with E-state index in [1.54, 1.807) is 0 Å². The number of rotatable bonds is 5. The Balaban J connectivity index is 1.71. The topological polar surface area (TPSA) is 51.2 Å². The molecule has 1 amide bonds. The minimum atomic E-state index is -0.0695. The van der Waals surface area contributed by atoms with Crippen LogP contribution in [0.25, 0.3) is 22.2 Å².